The Morgan fingerprint density at radius 2 is 1.79 bits per heavy atom. The van der Waals surface area contributed by atoms with E-state index in [1.165, 1.54) is 19.1 Å². The number of ketones is 1. The van der Waals surface area contributed by atoms with Crippen molar-refractivity contribution >= 4 is 17.4 Å². The van der Waals surface area contributed by atoms with Crippen molar-refractivity contribution < 1.29 is 33.6 Å². The molecule has 0 saturated carbocycles. The predicted molar refractivity (Wildman–Crippen MR) is 123 cm³/mol. The number of Topliss-reactive ketones (excluding diaryl/α,β-unsaturated/α-hetero) is 1. The van der Waals surface area contributed by atoms with Crippen molar-refractivity contribution in [3.8, 4) is 17.2 Å². The van der Waals surface area contributed by atoms with Gasteiger partial charge in [0, 0.05) is 19.2 Å². The zero-order valence-corrected chi connectivity index (χ0v) is 19.5. The highest BCUT2D eigenvalue weighted by Crippen LogP contribution is 2.42. The number of carbonyl (C=O) groups excluding carboxylic acids is 2. The normalized spacial score (nSPS) is 17.4. The van der Waals surface area contributed by atoms with Gasteiger partial charge in [0.05, 0.1) is 39.0 Å². The van der Waals surface area contributed by atoms with Crippen LogP contribution in [0.4, 0.5) is 0 Å². The molecule has 1 unspecified atom stereocenters. The number of methoxy groups -OCH3 is 3. The molecule has 3 rings (SSSR count). The van der Waals surface area contributed by atoms with Crippen molar-refractivity contribution in [2.45, 2.75) is 19.9 Å². The summed E-state index contributed by atoms with van der Waals surface area (Å²) in [5.41, 5.74) is 1.77. The number of carbonyl (C=O) groups is 2. The van der Waals surface area contributed by atoms with Gasteiger partial charge in [-0.1, -0.05) is 6.07 Å². The average molecular weight is 456 g/mol. The first-order chi connectivity index (χ1) is 15.9. The highest BCUT2D eigenvalue weighted by Gasteiger charge is 2.46. The summed E-state index contributed by atoms with van der Waals surface area (Å²) in [6, 6.07) is 9.51. The fraction of sp³-hybridized carbons (Fsp3) is 0.360. The molecule has 1 saturated heterocycles. The number of aryl methyl sites for hydroxylation is 1. The van der Waals surface area contributed by atoms with Gasteiger partial charge in [0.1, 0.15) is 11.5 Å². The minimum atomic E-state index is -0.814. The first-order valence-corrected chi connectivity index (χ1v) is 10.6. The first-order valence-electron chi connectivity index (χ1n) is 10.6. The Hall–Kier alpha value is -3.52. The SMILES string of the molecule is CCOc1ccc(C2C(=C(O)c3ccc(OC)cc3C)C(=O)C(=O)N2CCOC)cc1OC. The minimum absolute atomic E-state index is 0.00980. The summed E-state index contributed by atoms with van der Waals surface area (Å²) in [7, 11) is 4.59. The molecule has 0 radical (unpaired) electrons. The topological polar surface area (TPSA) is 94.5 Å². The Kier molecular flexibility index (Phi) is 7.60. The molecule has 0 aromatic heterocycles. The predicted octanol–water partition coefficient (Wildman–Crippen LogP) is 3.48. The number of rotatable bonds is 9. The van der Waals surface area contributed by atoms with Gasteiger partial charge in [-0.05, 0) is 55.3 Å². The summed E-state index contributed by atoms with van der Waals surface area (Å²) < 4.78 is 21.4. The molecule has 1 aliphatic rings. The second-order valence-corrected chi connectivity index (χ2v) is 7.51. The maximum Gasteiger partial charge on any atom is 0.295 e. The van der Waals surface area contributed by atoms with E-state index < -0.39 is 17.7 Å². The maximum absolute atomic E-state index is 13.1. The van der Waals surface area contributed by atoms with Crippen molar-refractivity contribution in [3.05, 3.63) is 58.7 Å². The molecule has 1 aliphatic heterocycles. The van der Waals surface area contributed by atoms with Gasteiger partial charge in [0.25, 0.3) is 11.7 Å². The van der Waals surface area contributed by atoms with E-state index in [0.717, 1.165) is 0 Å². The number of ether oxygens (including phenoxy) is 4. The third kappa shape index (κ3) is 4.66. The number of benzene rings is 2. The molecule has 0 aliphatic carbocycles. The number of hydrogen-bond donors (Lipinski definition) is 1. The number of likely N-dealkylation sites (tertiary alicyclic amines) is 1. The van der Waals surface area contributed by atoms with E-state index >= 15 is 0 Å². The molecule has 1 atom stereocenters. The molecule has 0 bridgehead atoms. The van der Waals surface area contributed by atoms with E-state index in [2.05, 4.69) is 0 Å². The summed E-state index contributed by atoms with van der Waals surface area (Å²) in [5.74, 6) is -0.0612. The molecule has 33 heavy (non-hydrogen) atoms. The van der Waals surface area contributed by atoms with Gasteiger partial charge >= 0.3 is 0 Å². The molecule has 2 aromatic rings. The van der Waals surface area contributed by atoms with E-state index in [4.69, 9.17) is 18.9 Å². The molecule has 8 nitrogen and oxygen atoms in total. The molecule has 8 heteroatoms. The first kappa shape index (κ1) is 24.1. The second kappa shape index (κ2) is 10.4. The second-order valence-electron chi connectivity index (χ2n) is 7.51. The van der Waals surface area contributed by atoms with Crippen molar-refractivity contribution in [2.24, 2.45) is 0 Å². The smallest absolute Gasteiger partial charge is 0.295 e. The fourth-order valence-electron chi connectivity index (χ4n) is 3.95. The highest BCUT2D eigenvalue weighted by molar-refractivity contribution is 6.46. The fourth-order valence-corrected chi connectivity index (χ4v) is 3.95. The molecular formula is C25H29NO7. The van der Waals surface area contributed by atoms with E-state index in [1.54, 1.807) is 50.4 Å². The molecule has 0 spiro atoms. The largest absolute Gasteiger partial charge is 0.507 e. The molecule has 1 fully saturated rings. The number of aliphatic hydroxyl groups is 1. The zero-order valence-electron chi connectivity index (χ0n) is 19.5. The van der Waals surface area contributed by atoms with E-state index in [0.29, 0.717) is 40.5 Å². The van der Waals surface area contributed by atoms with Crippen LogP contribution in [0.15, 0.2) is 42.0 Å². The number of amides is 1. The zero-order chi connectivity index (χ0) is 24.1. The van der Waals surface area contributed by atoms with Crippen molar-refractivity contribution in [1.29, 1.82) is 0 Å². The van der Waals surface area contributed by atoms with Crippen LogP contribution in [0, 0.1) is 6.92 Å². The van der Waals surface area contributed by atoms with E-state index in [9.17, 15) is 14.7 Å². The molecule has 1 N–H and O–H groups in total. The van der Waals surface area contributed by atoms with Crippen LogP contribution in [0.3, 0.4) is 0 Å². The Balaban J connectivity index is 2.20. The third-order valence-electron chi connectivity index (χ3n) is 5.57. The lowest BCUT2D eigenvalue weighted by Gasteiger charge is -2.26. The van der Waals surface area contributed by atoms with Gasteiger partial charge in [-0.2, -0.15) is 0 Å². The van der Waals surface area contributed by atoms with Crippen LogP contribution in [0.5, 0.6) is 17.2 Å². The van der Waals surface area contributed by atoms with Crippen LogP contribution in [0.1, 0.15) is 29.7 Å². The molecule has 1 amide bonds. The standard InChI is InChI=1S/C25H29NO7/c1-6-33-19-10-7-16(14-20(19)32-5)22-21(24(28)25(29)26(22)11-12-30-3)23(27)18-9-8-17(31-4)13-15(18)2/h7-10,13-14,22,27H,6,11-12H2,1-5H3. The maximum atomic E-state index is 13.1. The Morgan fingerprint density at radius 3 is 2.39 bits per heavy atom. The van der Waals surface area contributed by atoms with Gasteiger partial charge in [0.2, 0.25) is 0 Å². The summed E-state index contributed by atoms with van der Waals surface area (Å²) in [6.07, 6.45) is 0. The number of aliphatic hydroxyl groups excluding tert-OH is 1. The molecular weight excluding hydrogens is 426 g/mol. The van der Waals surface area contributed by atoms with Gasteiger partial charge in [-0.25, -0.2) is 0 Å². The van der Waals surface area contributed by atoms with Crippen LogP contribution in [-0.4, -0.2) is 62.8 Å². The summed E-state index contributed by atoms with van der Waals surface area (Å²) in [6.45, 7) is 4.54. The van der Waals surface area contributed by atoms with Gasteiger partial charge in [0.15, 0.2) is 11.5 Å². The Labute approximate surface area is 193 Å². The summed E-state index contributed by atoms with van der Waals surface area (Å²) >= 11 is 0. The molecule has 2 aromatic carbocycles. The van der Waals surface area contributed by atoms with Crippen LogP contribution >= 0.6 is 0 Å². The molecule has 1 heterocycles. The van der Waals surface area contributed by atoms with Crippen molar-refractivity contribution in [1.82, 2.24) is 4.90 Å². The van der Waals surface area contributed by atoms with Gasteiger partial charge in [-0.15, -0.1) is 0 Å². The Bertz CT molecular complexity index is 1080. The van der Waals surface area contributed by atoms with E-state index in [1.807, 2.05) is 6.92 Å². The quantitative estimate of drug-likeness (QED) is 0.351. The lowest BCUT2D eigenvalue weighted by atomic mass is 9.93. The monoisotopic (exact) mass is 455 g/mol. The van der Waals surface area contributed by atoms with Crippen LogP contribution in [0.2, 0.25) is 0 Å². The number of nitrogens with zero attached hydrogens (tertiary/aromatic N) is 1. The van der Waals surface area contributed by atoms with Crippen LogP contribution in [-0.2, 0) is 14.3 Å². The van der Waals surface area contributed by atoms with Gasteiger partial charge in [-0.3, -0.25) is 9.59 Å². The summed E-state index contributed by atoms with van der Waals surface area (Å²) in [4.78, 5) is 27.5. The van der Waals surface area contributed by atoms with Gasteiger partial charge < -0.3 is 29.0 Å². The summed E-state index contributed by atoms with van der Waals surface area (Å²) in [5, 5.41) is 11.2. The number of hydrogen-bond acceptors (Lipinski definition) is 7. The van der Waals surface area contributed by atoms with Crippen LogP contribution < -0.4 is 14.2 Å². The Morgan fingerprint density at radius 1 is 1.03 bits per heavy atom. The minimum Gasteiger partial charge on any atom is -0.507 e. The lowest BCUT2D eigenvalue weighted by molar-refractivity contribution is -0.140. The van der Waals surface area contributed by atoms with Crippen LogP contribution in [0.25, 0.3) is 5.76 Å². The highest BCUT2D eigenvalue weighted by atomic mass is 16.5. The van der Waals surface area contributed by atoms with E-state index in [-0.39, 0.29) is 24.5 Å². The molecule has 176 valence electrons. The third-order valence-corrected chi connectivity index (χ3v) is 5.57. The lowest BCUT2D eigenvalue weighted by Crippen LogP contribution is -2.32. The average Bonchev–Trinajstić information content (AvgIpc) is 3.07. The van der Waals surface area contributed by atoms with Crippen molar-refractivity contribution in [2.75, 3.05) is 41.1 Å². The van der Waals surface area contributed by atoms with Crippen molar-refractivity contribution in [3.63, 3.8) is 0 Å².